The van der Waals surface area contributed by atoms with Crippen molar-refractivity contribution in [1.29, 1.82) is 0 Å². The summed E-state index contributed by atoms with van der Waals surface area (Å²) >= 11 is 0. The molecule has 0 spiro atoms. The minimum atomic E-state index is -0.650. The smallest absolute Gasteiger partial charge is 0.416 e. The molecule has 0 radical (unpaired) electrons. The first kappa shape index (κ1) is 27.4. The van der Waals surface area contributed by atoms with E-state index >= 15 is 4.39 Å². The number of halogens is 1. The van der Waals surface area contributed by atoms with Crippen molar-refractivity contribution in [2.75, 3.05) is 49.1 Å². The quantitative estimate of drug-likeness (QED) is 0.326. The fraction of sp³-hybridized carbons (Fsp3) is 0.407. The molecule has 5 heterocycles. The van der Waals surface area contributed by atoms with E-state index in [2.05, 4.69) is 25.1 Å². The summed E-state index contributed by atoms with van der Waals surface area (Å²) in [5.74, 6) is -0.183. The van der Waals surface area contributed by atoms with Crippen molar-refractivity contribution in [1.82, 2.24) is 24.8 Å². The van der Waals surface area contributed by atoms with Crippen LogP contribution in [0.2, 0.25) is 0 Å². The third-order valence-electron chi connectivity index (χ3n) is 7.74. The normalized spacial score (nSPS) is 22.1. The van der Waals surface area contributed by atoms with E-state index in [0.29, 0.717) is 49.5 Å². The Kier molecular flexibility index (Phi) is 6.88. The molecule has 3 aliphatic rings. The summed E-state index contributed by atoms with van der Waals surface area (Å²) in [6.45, 7) is 6.92. The van der Waals surface area contributed by atoms with E-state index in [4.69, 9.17) is 9.47 Å². The lowest BCUT2D eigenvalue weighted by Gasteiger charge is -2.42. The summed E-state index contributed by atoms with van der Waals surface area (Å²) in [7, 11) is 0. The SMILES string of the molecule is CC(=O)NC[C@H]1CN(c2ccc(-c3ccc(N4CCN(C5(C)Cn6cc([N+](=O)[O-])nc6O5)CC4)nc3)c(F)c2)C(=O)O1. The summed E-state index contributed by atoms with van der Waals surface area (Å²) < 4.78 is 28.1. The van der Waals surface area contributed by atoms with Crippen LogP contribution in [-0.2, 0) is 16.1 Å². The second kappa shape index (κ2) is 10.6. The average Bonchev–Trinajstić information content (AvgIpc) is 3.63. The van der Waals surface area contributed by atoms with Crippen LogP contribution in [0.4, 0.5) is 26.5 Å². The van der Waals surface area contributed by atoms with Gasteiger partial charge in [-0.3, -0.25) is 19.2 Å². The number of pyridine rings is 1. The van der Waals surface area contributed by atoms with Crippen LogP contribution in [0.15, 0.2) is 42.7 Å². The number of anilines is 2. The van der Waals surface area contributed by atoms with Crippen LogP contribution in [0.25, 0.3) is 11.1 Å². The Balaban J connectivity index is 1.06. The highest BCUT2D eigenvalue weighted by Crippen LogP contribution is 2.34. The van der Waals surface area contributed by atoms with Gasteiger partial charge in [-0.15, -0.1) is 0 Å². The highest BCUT2D eigenvalue weighted by Gasteiger charge is 2.45. The first-order chi connectivity index (χ1) is 20.1. The molecule has 2 saturated heterocycles. The van der Waals surface area contributed by atoms with Crippen molar-refractivity contribution in [3.8, 4) is 17.1 Å². The Labute approximate surface area is 239 Å². The summed E-state index contributed by atoms with van der Waals surface area (Å²) in [5, 5.41) is 13.6. The highest BCUT2D eigenvalue weighted by atomic mass is 19.1. The lowest BCUT2D eigenvalue weighted by atomic mass is 10.1. The van der Waals surface area contributed by atoms with Crippen molar-refractivity contribution in [3.05, 3.63) is 58.7 Å². The molecule has 1 aromatic carbocycles. The van der Waals surface area contributed by atoms with E-state index in [1.54, 1.807) is 22.9 Å². The zero-order valence-corrected chi connectivity index (χ0v) is 23.0. The summed E-state index contributed by atoms with van der Waals surface area (Å²) in [4.78, 5) is 48.1. The Morgan fingerprint density at radius 3 is 2.67 bits per heavy atom. The van der Waals surface area contributed by atoms with E-state index in [9.17, 15) is 19.7 Å². The van der Waals surface area contributed by atoms with Gasteiger partial charge in [-0.1, -0.05) is 0 Å². The summed E-state index contributed by atoms with van der Waals surface area (Å²) in [6.07, 6.45) is 1.92. The first-order valence-electron chi connectivity index (χ1n) is 13.5. The van der Waals surface area contributed by atoms with Gasteiger partial charge in [-0.2, -0.15) is 0 Å². The lowest BCUT2D eigenvalue weighted by molar-refractivity contribution is -0.389. The number of nitrogens with zero attached hydrogens (tertiary/aromatic N) is 7. The topological polar surface area (TPSA) is 148 Å². The number of fused-ring (bicyclic) bond motifs is 1. The number of ether oxygens (including phenoxy) is 2. The molecule has 3 aliphatic heterocycles. The van der Waals surface area contributed by atoms with Crippen molar-refractivity contribution in [3.63, 3.8) is 0 Å². The number of piperazine rings is 1. The van der Waals surface area contributed by atoms with Crippen LogP contribution in [0.1, 0.15) is 13.8 Å². The van der Waals surface area contributed by atoms with Gasteiger partial charge < -0.3 is 29.8 Å². The van der Waals surface area contributed by atoms with Gasteiger partial charge in [0.05, 0.1) is 25.3 Å². The molecule has 2 atom stereocenters. The molecule has 15 heteroatoms. The number of benzene rings is 1. The van der Waals surface area contributed by atoms with Crippen molar-refractivity contribution >= 4 is 29.3 Å². The molecule has 1 N–H and O–H groups in total. The third-order valence-corrected chi connectivity index (χ3v) is 7.74. The van der Waals surface area contributed by atoms with E-state index in [-0.39, 0.29) is 30.8 Å². The number of cyclic esters (lactones) is 1. The molecule has 220 valence electrons. The molecular formula is C27H29FN8O6. The lowest BCUT2D eigenvalue weighted by Crippen LogP contribution is -2.58. The summed E-state index contributed by atoms with van der Waals surface area (Å²) in [5.41, 5.74) is 0.678. The Morgan fingerprint density at radius 2 is 2.02 bits per heavy atom. The van der Waals surface area contributed by atoms with Gasteiger partial charge in [-0.05, 0) is 42.2 Å². The predicted octanol–water partition coefficient (Wildman–Crippen LogP) is 2.38. The van der Waals surface area contributed by atoms with Crippen LogP contribution in [0, 0.1) is 15.9 Å². The minimum Gasteiger partial charge on any atom is -0.442 e. The Hall–Kier alpha value is -4.79. The molecule has 42 heavy (non-hydrogen) atoms. The van der Waals surface area contributed by atoms with Gasteiger partial charge in [0.15, 0.2) is 5.72 Å². The van der Waals surface area contributed by atoms with Gasteiger partial charge in [0.25, 0.3) is 0 Å². The van der Waals surface area contributed by atoms with Crippen LogP contribution in [0.3, 0.4) is 0 Å². The number of nitrogens with one attached hydrogen (secondary N) is 1. The summed E-state index contributed by atoms with van der Waals surface area (Å²) in [6, 6.07) is 8.47. The fourth-order valence-corrected chi connectivity index (χ4v) is 5.52. The maximum absolute atomic E-state index is 15.2. The van der Waals surface area contributed by atoms with Crippen molar-refractivity contribution < 1.29 is 28.4 Å². The second-order valence-corrected chi connectivity index (χ2v) is 10.6. The molecular weight excluding hydrogens is 551 g/mol. The fourth-order valence-electron chi connectivity index (χ4n) is 5.52. The number of hydrogen-bond donors (Lipinski definition) is 1. The highest BCUT2D eigenvalue weighted by molar-refractivity contribution is 5.90. The molecule has 3 aromatic rings. The van der Waals surface area contributed by atoms with Crippen LogP contribution < -0.4 is 19.9 Å². The molecule has 1 unspecified atom stereocenters. The molecule has 14 nitrogen and oxygen atoms in total. The zero-order chi connectivity index (χ0) is 29.6. The van der Waals surface area contributed by atoms with E-state index in [1.807, 2.05) is 19.1 Å². The number of hydrogen-bond acceptors (Lipinski definition) is 10. The number of rotatable bonds is 7. The number of imidazole rings is 1. The van der Waals surface area contributed by atoms with Gasteiger partial charge in [0.2, 0.25) is 5.91 Å². The van der Waals surface area contributed by atoms with Crippen molar-refractivity contribution in [2.24, 2.45) is 0 Å². The number of carbonyl (C=O) groups excluding carboxylic acids is 2. The zero-order valence-electron chi connectivity index (χ0n) is 23.0. The van der Waals surface area contributed by atoms with E-state index in [1.165, 1.54) is 24.1 Å². The van der Waals surface area contributed by atoms with Crippen LogP contribution in [-0.4, -0.2) is 87.5 Å². The van der Waals surface area contributed by atoms with Gasteiger partial charge in [0, 0.05) is 55.4 Å². The van der Waals surface area contributed by atoms with Gasteiger partial charge >= 0.3 is 17.9 Å². The third kappa shape index (κ3) is 5.18. The molecule has 0 aliphatic carbocycles. The standard InChI is InChI=1S/C27H29FN8O6/c1-17(37)29-13-20-14-35(26(38)41-20)19-4-5-21(22(28)11-19)18-3-6-23(30-12-18)32-7-9-34(10-8-32)27(2)16-33-15-24(36(39)40)31-25(33)42-27/h3-6,11-12,15,20H,7-10,13-14,16H2,1-2H3,(H,29,37)/t20-,27?/m0/s1. The van der Waals surface area contributed by atoms with Gasteiger partial charge in [-0.25, -0.2) is 14.2 Å². The van der Waals surface area contributed by atoms with Crippen LogP contribution in [0.5, 0.6) is 6.01 Å². The van der Waals surface area contributed by atoms with E-state index in [0.717, 1.165) is 5.82 Å². The number of carbonyl (C=O) groups is 2. The number of nitro groups is 1. The minimum absolute atomic E-state index is 0.191. The Bertz CT molecular complexity index is 1510. The monoisotopic (exact) mass is 580 g/mol. The maximum Gasteiger partial charge on any atom is 0.416 e. The van der Waals surface area contributed by atoms with Crippen LogP contribution >= 0.6 is 0 Å². The number of aromatic nitrogens is 3. The second-order valence-electron chi connectivity index (χ2n) is 10.6. The predicted molar refractivity (Wildman–Crippen MR) is 148 cm³/mol. The molecule has 2 aromatic heterocycles. The van der Waals surface area contributed by atoms with Gasteiger partial charge in [0.1, 0.15) is 23.9 Å². The van der Waals surface area contributed by atoms with Crippen molar-refractivity contribution in [2.45, 2.75) is 32.2 Å². The Morgan fingerprint density at radius 1 is 1.24 bits per heavy atom. The number of amides is 2. The first-order valence-corrected chi connectivity index (χ1v) is 13.5. The molecule has 2 amide bonds. The molecule has 0 saturated carbocycles. The molecule has 6 rings (SSSR count). The maximum atomic E-state index is 15.2. The largest absolute Gasteiger partial charge is 0.442 e. The van der Waals surface area contributed by atoms with E-state index < -0.39 is 28.7 Å². The average molecular weight is 581 g/mol. The molecule has 0 bridgehead atoms. The molecule has 2 fully saturated rings.